The van der Waals surface area contributed by atoms with Crippen LogP contribution in [-0.4, -0.2) is 16.3 Å². The lowest BCUT2D eigenvalue weighted by atomic mass is 10.0. The number of alkyl carbamates (subject to hydrolysis) is 1. The molecule has 0 spiro atoms. The minimum Gasteiger partial charge on any atom is -0.444 e. The Hall–Kier alpha value is -1.97. The fraction of sp³-hybridized carbons (Fsp3) is 0.500. The fourth-order valence-corrected chi connectivity index (χ4v) is 2.52. The predicted octanol–water partition coefficient (Wildman–Crippen LogP) is 4.33. The molecule has 22 heavy (non-hydrogen) atoms. The number of amides is 1. The minimum atomic E-state index is -0.474. The summed E-state index contributed by atoms with van der Waals surface area (Å²) in [6.07, 6.45) is 1.79. The standard InChI is InChI=1S/C18H26N2O2/c1-12(2)15-11-20(6)16-9-13(7-8-14(15)16)10-19-17(21)22-18(3,4)5/h7-9,11-12H,10H2,1-6H3,(H,19,21). The highest BCUT2D eigenvalue weighted by molar-refractivity contribution is 5.85. The van der Waals surface area contributed by atoms with Crippen LogP contribution < -0.4 is 5.32 Å². The number of nitrogens with one attached hydrogen (secondary N) is 1. The molecule has 1 heterocycles. The lowest BCUT2D eigenvalue weighted by molar-refractivity contribution is 0.0523. The second-order valence-electron chi connectivity index (χ2n) is 7.06. The Balaban J connectivity index is 2.14. The summed E-state index contributed by atoms with van der Waals surface area (Å²) in [4.78, 5) is 11.7. The molecule has 0 aliphatic carbocycles. The molecule has 0 bridgehead atoms. The van der Waals surface area contributed by atoms with Crippen LogP contribution in [0.4, 0.5) is 4.79 Å². The second-order valence-corrected chi connectivity index (χ2v) is 7.06. The van der Waals surface area contributed by atoms with E-state index in [2.05, 4.69) is 55.2 Å². The van der Waals surface area contributed by atoms with E-state index >= 15 is 0 Å². The van der Waals surface area contributed by atoms with E-state index in [0.29, 0.717) is 12.5 Å². The second kappa shape index (κ2) is 6.03. The molecule has 2 aromatic rings. The first-order valence-corrected chi connectivity index (χ1v) is 7.72. The molecule has 4 heteroatoms. The predicted molar refractivity (Wildman–Crippen MR) is 90.1 cm³/mol. The quantitative estimate of drug-likeness (QED) is 0.917. The van der Waals surface area contributed by atoms with E-state index in [1.807, 2.05) is 20.8 Å². The van der Waals surface area contributed by atoms with E-state index in [0.717, 1.165) is 5.56 Å². The number of aromatic nitrogens is 1. The number of carbonyl (C=O) groups excluding carboxylic acids is 1. The molecule has 0 aliphatic rings. The molecule has 1 aromatic carbocycles. The van der Waals surface area contributed by atoms with Gasteiger partial charge in [0.15, 0.2) is 0 Å². The van der Waals surface area contributed by atoms with Crippen LogP contribution in [0.15, 0.2) is 24.4 Å². The van der Waals surface area contributed by atoms with Crippen molar-refractivity contribution in [2.45, 2.75) is 52.7 Å². The summed E-state index contributed by atoms with van der Waals surface area (Å²) in [5.41, 5.74) is 3.13. The van der Waals surface area contributed by atoms with Crippen LogP contribution >= 0.6 is 0 Å². The number of carbonyl (C=O) groups is 1. The van der Waals surface area contributed by atoms with E-state index in [1.54, 1.807) is 0 Å². The summed E-state index contributed by atoms with van der Waals surface area (Å²) in [5, 5.41) is 4.08. The number of nitrogens with zero attached hydrogens (tertiary/aromatic N) is 1. The van der Waals surface area contributed by atoms with Gasteiger partial charge in [-0.1, -0.05) is 26.0 Å². The monoisotopic (exact) mass is 302 g/mol. The summed E-state index contributed by atoms with van der Waals surface area (Å²) in [7, 11) is 2.05. The maximum Gasteiger partial charge on any atom is 0.407 e. The van der Waals surface area contributed by atoms with Crippen molar-refractivity contribution >= 4 is 17.0 Å². The zero-order valence-corrected chi connectivity index (χ0v) is 14.4. The van der Waals surface area contributed by atoms with Crippen LogP contribution in [0.1, 0.15) is 51.7 Å². The smallest absolute Gasteiger partial charge is 0.407 e. The van der Waals surface area contributed by atoms with Gasteiger partial charge in [-0.25, -0.2) is 4.79 Å². The van der Waals surface area contributed by atoms with Crippen LogP contribution in [-0.2, 0) is 18.3 Å². The van der Waals surface area contributed by atoms with Crippen molar-refractivity contribution in [1.29, 1.82) is 0 Å². The molecule has 120 valence electrons. The van der Waals surface area contributed by atoms with Crippen LogP contribution in [0.2, 0.25) is 0 Å². The van der Waals surface area contributed by atoms with Gasteiger partial charge in [0.25, 0.3) is 0 Å². The van der Waals surface area contributed by atoms with Crippen molar-refractivity contribution in [2.75, 3.05) is 0 Å². The maximum absolute atomic E-state index is 11.7. The third-order valence-corrected chi connectivity index (χ3v) is 3.54. The molecule has 0 fully saturated rings. The van der Waals surface area contributed by atoms with E-state index < -0.39 is 5.60 Å². The summed E-state index contributed by atoms with van der Waals surface area (Å²) in [6.45, 7) is 10.4. The Bertz CT molecular complexity index is 678. The third kappa shape index (κ3) is 3.81. The fourth-order valence-electron chi connectivity index (χ4n) is 2.52. The van der Waals surface area contributed by atoms with Crippen LogP contribution in [0.5, 0.6) is 0 Å². The molecular weight excluding hydrogens is 276 g/mol. The van der Waals surface area contributed by atoms with Gasteiger partial charge in [-0.05, 0) is 43.9 Å². The number of hydrogen-bond acceptors (Lipinski definition) is 2. The Morgan fingerprint density at radius 2 is 2.00 bits per heavy atom. The molecule has 0 saturated carbocycles. The topological polar surface area (TPSA) is 43.3 Å². The van der Waals surface area contributed by atoms with Crippen molar-refractivity contribution < 1.29 is 9.53 Å². The number of hydrogen-bond donors (Lipinski definition) is 1. The van der Waals surface area contributed by atoms with Crippen LogP contribution in [0.3, 0.4) is 0 Å². The van der Waals surface area contributed by atoms with E-state index in [-0.39, 0.29) is 6.09 Å². The Morgan fingerprint density at radius 1 is 1.32 bits per heavy atom. The zero-order valence-electron chi connectivity index (χ0n) is 14.4. The highest BCUT2D eigenvalue weighted by atomic mass is 16.6. The van der Waals surface area contributed by atoms with Gasteiger partial charge in [0.1, 0.15) is 5.60 Å². The lowest BCUT2D eigenvalue weighted by Crippen LogP contribution is -2.32. The van der Waals surface area contributed by atoms with Gasteiger partial charge in [0.2, 0.25) is 0 Å². The first-order chi connectivity index (χ1) is 10.2. The van der Waals surface area contributed by atoms with Crippen molar-refractivity contribution in [1.82, 2.24) is 9.88 Å². The molecule has 0 saturated heterocycles. The molecule has 0 aliphatic heterocycles. The van der Waals surface area contributed by atoms with Gasteiger partial charge < -0.3 is 14.6 Å². The number of ether oxygens (including phenoxy) is 1. The summed E-state index contributed by atoms with van der Waals surface area (Å²) >= 11 is 0. The minimum absolute atomic E-state index is 0.387. The molecule has 4 nitrogen and oxygen atoms in total. The van der Waals surface area contributed by atoms with E-state index in [9.17, 15) is 4.79 Å². The van der Waals surface area contributed by atoms with Crippen LogP contribution in [0, 0.1) is 0 Å². The van der Waals surface area contributed by atoms with Gasteiger partial charge >= 0.3 is 6.09 Å². The first kappa shape index (κ1) is 16.4. The van der Waals surface area contributed by atoms with Gasteiger partial charge in [-0.15, -0.1) is 0 Å². The highest BCUT2D eigenvalue weighted by Crippen LogP contribution is 2.27. The molecule has 0 unspecified atom stereocenters. The summed E-state index contributed by atoms with van der Waals surface area (Å²) in [6, 6.07) is 6.32. The first-order valence-electron chi connectivity index (χ1n) is 7.72. The Labute approximate surface area is 132 Å². The number of fused-ring (bicyclic) bond motifs is 1. The molecule has 1 amide bonds. The normalized spacial score (nSPS) is 12.0. The molecule has 0 atom stereocenters. The average molecular weight is 302 g/mol. The molecule has 1 N–H and O–H groups in total. The summed E-state index contributed by atoms with van der Waals surface area (Å²) in [5.74, 6) is 0.495. The summed E-state index contributed by atoms with van der Waals surface area (Å²) < 4.78 is 7.39. The van der Waals surface area contributed by atoms with Gasteiger partial charge in [-0.2, -0.15) is 0 Å². The lowest BCUT2D eigenvalue weighted by Gasteiger charge is -2.19. The van der Waals surface area contributed by atoms with Gasteiger partial charge in [0, 0.05) is 30.7 Å². The van der Waals surface area contributed by atoms with E-state index in [1.165, 1.54) is 16.5 Å². The third-order valence-electron chi connectivity index (χ3n) is 3.54. The average Bonchev–Trinajstić information content (AvgIpc) is 2.72. The largest absolute Gasteiger partial charge is 0.444 e. The van der Waals surface area contributed by atoms with Crippen molar-refractivity contribution in [2.24, 2.45) is 7.05 Å². The van der Waals surface area contributed by atoms with Crippen LogP contribution in [0.25, 0.3) is 10.9 Å². The SMILES string of the molecule is CC(C)c1cn(C)c2cc(CNC(=O)OC(C)(C)C)ccc12. The van der Waals surface area contributed by atoms with Crippen molar-refractivity contribution in [3.63, 3.8) is 0 Å². The van der Waals surface area contributed by atoms with E-state index in [4.69, 9.17) is 4.74 Å². The molecule has 1 aromatic heterocycles. The van der Waals surface area contributed by atoms with Crippen molar-refractivity contribution in [3.8, 4) is 0 Å². The number of aryl methyl sites for hydroxylation is 1. The molecule has 2 rings (SSSR count). The molecule has 0 radical (unpaired) electrons. The zero-order chi connectivity index (χ0) is 16.5. The maximum atomic E-state index is 11.7. The Kier molecular flexibility index (Phi) is 4.50. The van der Waals surface area contributed by atoms with Gasteiger partial charge in [0.05, 0.1) is 0 Å². The Morgan fingerprint density at radius 3 is 2.59 bits per heavy atom. The highest BCUT2D eigenvalue weighted by Gasteiger charge is 2.16. The van der Waals surface area contributed by atoms with Gasteiger partial charge in [-0.3, -0.25) is 0 Å². The number of rotatable bonds is 3. The number of benzene rings is 1. The molecular formula is C18H26N2O2. The van der Waals surface area contributed by atoms with Crippen molar-refractivity contribution in [3.05, 3.63) is 35.5 Å².